The summed E-state index contributed by atoms with van der Waals surface area (Å²) < 4.78 is 21.0. The molecule has 1 aliphatic rings. The summed E-state index contributed by atoms with van der Waals surface area (Å²) in [7, 11) is 0. The molecule has 2 heterocycles. The molecule has 1 N–H and O–H groups in total. The summed E-state index contributed by atoms with van der Waals surface area (Å²) in [6.45, 7) is 7.30. The van der Waals surface area contributed by atoms with Gasteiger partial charge in [-0.1, -0.05) is 32.9 Å². The van der Waals surface area contributed by atoms with Crippen molar-refractivity contribution in [3.05, 3.63) is 89.5 Å². The molecule has 1 aliphatic heterocycles. The maximum Gasteiger partial charge on any atom is 0.335 e. The molecule has 0 aliphatic carbocycles. The Morgan fingerprint density at radius 1 is 0.971 bits per heavy atom. The fraction of sp³-hybridized carbons (Fsp3) is 0.222. The first-order valence-electron chi connectivity index (χ1n) is 11.2. The van der Waals surface area contributed by atoms with Crippen LogP contribution in [0.1, 0.15) is 32.0 Å². The fourth-order valence-corrected chi connectivity index (χ4v) is 3.70. The molecule has 0 unspecified atom stereocenters. The number of aromatic nitrogens is 1. The minimum absolute atomic E-state index is 0.0613. The maximum atomic E-state index is 13.3. The quantitative estimate of drug-likeness (QED) is 0.415. The standard InChI is InChI=1S/C27H26FN3O4/c1-27(2,3)18-6-12-22(13-7-18)35-16-15-30-14-4-5-21(30)17-23-24(32)29-26(34)31(25(23)33)20-10-8-19(28)9-11-20/h4-14,17H,15-16H2,1-3H3,(H,29,32,34)/b23-17+. The van der Waals surface area contributed by atoms with Gasteiger partial charge in [0.05, 0.1) is 12.2 Å². The lowest BCUT2D eigenvalue weighted by atomic mass is 9.87. The Morgan fingerprint density at radius 3 is 2.31 bits per heavy atom. The molecule has 0 spiro atoms. The number of benzene rings is 2. The summed E-state index contributed by atoms with van der Waals surface area (Å²) in [5, 5.41) is 2.17. The molecule has 35 heavy (non-hydrogen) atoms. The van der Waals surface area contributed by atoms with Crippen molar-refractivity contribution in [2.75, 3.05) is 11.5 Å². The number of rotatable bonds is 6. The Kier molecular flexibility index (Phi) is 6.55. The number of nitrogens with zero attached hydrogens (tertiary/aromatic N) is 2. The lowest BCUT2D eigenvalue weighted by Gasteiger charge is -2.26. The molecular formula is C27H26FN3O4. The van der Waals surface area contributed by atoms with E-state index in [4.69, 9.17) is 4.74 Å². The van der Waals surface area contributed by atoms with Crippen molar-refractivity contribution < 1.29 is 23.5 Å². The van der Waals surface area contributed by atoms with E-state index in [1.807, 2.05) is 35.0 Å². The van der Waals surface area contributed by atoms with E-state index in [-0.39, 0.29) is 16.7 Å². The average Bonchev–Trinajstić information content (AvgIpc) is 3.24. The Morgan fingerprint density at radius 2 is 1.66 bits per heavy atom. The van der Waals surface area contributed by atoms with Crippen LogP contribution in [0, 0.1) is 5.82 Å². The van der Waals surface area contributed by atoms with Gasteiger partial charge < -0.3 is 9.30 Å². The van der Waals surface area contributed by atoms with Gasteiger partial charge in [-0.3, -0.25) is 14.9 Å². The van der Waals surface area contributed by atoms with Crippen LogP contribution in [-0.4, -0.2) is 29.0 Å². The summed E-state index contributed by atoms with van der Waals surface area (Å²) in [5.74, 6) is -1.33. The van der Waals surface area contributed by atoms with E-state index in [1.54, 1.807) is 12.1 Å². The predicted molar refractivity (Wildman–Crippen MR) is 130 cm³/mol. The summed E-state index contributed by atoms with van der Waals surface area (Å²) in [6.07, 6.45) is 3.24. The molecule has 4 amide bonds. The minimum Gasteiger partial charge on any atom is -0.492 e. The van der Waals surface area contributed by atoms with E-state index in [1.165, 1.54) is 23.8 Å². The van der Waals surface area contributed by atoms with E-state index in [9.17, 15) is 18.8 Å². The number of amides is 4. The third-order valence-corrected chi connectivity index (χ3v) is 5.66. The van der Waals surface area contributed by atoms with Crippen molar-refractivity contribution in [1.82, 2.24) is 9.88 Å². The Bertz CT molecular complexity index is 1290. The minimum atomic E-state index is -0.884. The molecule has 2 aromatic carbocycles. The SMILES string of the molecule is CC(C)(C)c1ccc(OCCn2cccc2/C=C2\C(=O)NC(=O)N(c3ccc(F)cc3)C2=O)cc1. The number of barbiturate groups is 1. The molecule has 1 aromatic heterocycles. The average molecular weight is 476 g/mol. The molecule has 3 aromatic rings. The van der Waals surface area contributed by atoms with Gasteiger partial charge >= 0.3 is 6.03 Å². The number of hydrogen-bond acceptors (Lipinski definition) is 4. The van der Waals surface area contributed by atoms with Gasteiger partial charge in [-0.2, -0.15) is 0 Å². The number of nitrogens with one attached hydrogen (secondary N) is 1. The number of ether oxygens (including phenoxy) is 1. The van der Waals surface area contributed by atoms with Crippen LogP contribution >= 0.6 is 0 Å². The normalized spacial score (nSPS) is 15.5. The van der Waals surface area contributed by atoms with Crippen molar-refractivity contribution >= 4 is 29.6 Å². The molecule has 1 fully saturated rings. The number of anilines is 1. The second kappa shape index (κ2) is 9.58. The second-order valence-corrected chi connectivity index (χ2v) is 9.18. The largest absolute Gasteiger partial charge is 0.492 e. The highest BCUT2D eigenvalue weighted by molar-refractivity contribution is 6.39. The van der Waals surface area contributed by atoms with Gasteiger partial charge in [-0.15, -0.1) is 0 Å². The molecule has 8 heteroatoms. The van der Waals surface area contributed by atoms with Gasteiger partial charge in [0, 0.05) is 11.9 Å². The smallest absolute Gasteiger partial charge is 0.335 e. The highest BCUT2D eigenvalue weighted by Crippen LogP contribution is 2.25. The van der Waals surface area contributed by atoms with E-state index >= 15 is 0 Å². The van der Waals surface area contributed by atoms with Crippen LogP contribution in [0.25, 0.3) is 6.08 Å². The lowest BCUT2D eigenvalue weighted by Crippen LogP contribution is -2.54. The molecule has 4 rings (SSSR count). The third kappa shape index (κ3) is 5.32. The van der Waals surface area contributed by atoms with E-state index in [0.29, 0.717) is 18.8 Å². The van der Waals surface area contributed by atoms with Crippen molar-refractivity contribution in [3.8, 4) is 5.75 Å². The molecule has 0 atom stereocenters. The van der Waals surface area contributed by atoms with Crippen LogP contribution in [-0.2, 0) is 21.5 Å². The van der Waals surface area contributed by atoms with Crippen LogP contribution in [0.4, 0.5) is 14.9 Å². The van der Waals surface area contributed by atoms with Crippen LogP contribution in [0.5, 0.6) is 5.75 Å². The number of hydrogen-bond donors (Lipinski definition) is 1. The number of halogens is 1. The van der Waals surface area contributed by atoms with Crippen molar-refractivity contribution in [2.24, 2.45) is 0 Å². The highest BCUT2D eigenvalue weighted by Gasteiger charge is 2.37. The first kappa shape index (κ1) is 23.9. The second-order valence-electron chi connectivity index (χ2n) is 9.18. The zero-order chi connectivity index (χ0) is 25.2. The molecule has 0 bridgehead atoms. The van der Waals surface area contributed by atoms with Crippen LogP contribution < -0.4 is 15.0 Å². The van der Waals surface area contributed by atoms with Gasteiger partial charge in [0.15, 0.2) is 0 Å². The summed E-state index contributed by atoms with van der Waals surface area (Å²) >= 11 is 0. The fourth-order valence-electron chi connectivity index (χ4n) is 3.70. The Hall–Kier alpha value is -4.20. The molecule has 7 nitrogen and oxygen atoms in total. The summed E-state index contributed by atoms with van der Waals surface area (Å²) in [5.41, 5.74) is 1.84. The first-order valence-corrected chi connectivity index (χ1v) is 11.2. The number of imide groups is 2. The predicted octanol–water partition coefficient (Wildman–Crippen LogP) is 4.67. The van der Waals surface area contributed by atoms with Gasteiger partial charge in [-0.25, -0.2) is 14.1 Å². The maximum absolute atomic E-state index is 13.3. The topological polar surface area (TPSA) is 80.6 Å². The molecule has 0 saturated carbocycles. The third-order valence-electron chi connectivity index (χ3n) is 5.66. The molecule has 1 saturated heterocycles. The zero-order valence-electron chi connectivity index (χ0n) is 19.7. The van der Waals surface area contributed by atoms with Crippen molar-refractivity contribution in [2.45, 2.75) is 32.7 Å². The van der Waals surface area contributed by atoms with Crippen LogP contribution in [0.3, 0.4) is 0 Å². The Balaban J connectivity index is 1.48. The van der Waals surface area contributed by atoms with Crippen LogP contribution in [0.15, 0.2) is 72.4 Å². The van der Waals surface area contributed by atoms with Gasteiger partial charge in [0.2, 0.25) is 0 Å². The van der Waals surface area contributed by atoms with Crippen molar-refractivity contribution in [3.63, 3.8) is 0 Å². The first-order chi connectivity index (χ1) is 16.6. The number of carbonyl (C=O) groups is 3. The van der Waals surface area contributed by atoms with E-state index in [0.717, 1.165) is 22.8 Å². The van der Waals surface area contributed by atoms with E-state index < -0.39 is 23.7 Å². The van der Waals surface area contributed by atoms with E-state index in [2.05, 4.69) is 26.1 Å². The summed E-state index contributed by atoms with van der Waals surface area (Å²) in [6, 6.07) is 15.5. The monoisotopic (exact) mass is 475 g/mol. The van der Waals surface area contributed by atoms with Gasteiger partial charge in [0.1, 0.15) is 23.7 Å². The molecule has 180 valence electrons. The molecule has 0 radical (unpaired) electrons. The lowest BCUT2D eigenvalue weighted by molar-refractivity contribution is -0.122. The number of urea groups is 1. The Labute approximate surface area is 202 Å². The summed E-state index contributed by atoms with van der Waals surface area (Å²) in [4.78, 5) is 38.6. The number of carbonyl (C=O) groups excluding carboxylic acids is 3. The van der Waals surface area contributed by atoms with Gasteiger partial charge in [-0.05, 0) is 65.6 Å². The van der Waals surface area contributed by atoms with Crippen molar-refractivity contribution in [1.29, 1.82) is 0 Å². The van der Waals surface area contributed by atoms with Crippen LogP contribution in [0.2, 0.25) is 0 Å². The zero-order valence-corrected chi connectivity index (χ0v) is 19.7. The highest BCUT2D eigenvalue weighted by atomic mass is 19.1. The van der Waals surface area contributed by atoms with Gasteiger partial charge in [0.25, 0.3) is 11.8 Å². The molecular weight excluding hydrogens is 449 g/mol.